The van der Waals surface area contributed by atoms with E-state index in [-0.39, 0.29) is 0 Å². The Morgan fingerprint density at radius 2 is 2.27 bits per heavy atom. The third kappa shape index (κ3) is 2.72. The number of hydrogen-bond acceptors (Lipinski definition) is 1. The topological polar surface area (TPSA) is 9.23 Å². The summed E-state index contributed by atoms with van der Waals surface area (Å²) in [6, 6.07) is 8.19. The van der Waals surface area contributed by atoms with Gasteiger partial charge in [-0.1, -0.05) is 24.3 Å². The van der Waals surface area contributed by atoms with Crippen LogP contribution in [-0.2, 0) is 11.2 Å². The van der Waals surface area contributed by atoms with Crippen molar-refractivity contribution in [3.8, 4) is 0 Å². The highest BCUT2D eigenvalue weighted by molar-refractivity contribution is 5.25. The quantitative estimate of drug-likeness (QED) is 0.639. The average molecular weight is 149 g/mol. The molecule has 1 radical (unpaired) electrons. The Hall–Kier alpha value is -0.820. The number of methoxy groups -OCH3 is 1. The van der Waals surface area contributed by atoms with Gasteiger partial charge in [0.25, 0.3) is 0 Å². The molecule has 0 aliphatic carbocycles. The average Bonchev–Trinajstić information content (AvgIpc) is 2.01. The SMILES string of the molecule is [CH2]c1cccc(CCOC)c1. The van der Waals surface area contributed by atoms with Crippen LogP contribution in [0, 0.1) is 6.92 Å². The van der Waals surface area contributed by atoms with Gasteiger partial charge in [-0.25, -0.2) is 0 Å². The Labute approximate surface area is 68.0 Å². The third-order valence-corrected chi connectivity index (χ3v) is 1.59. The minimum absolute atomic E-state index is 0.781. The maximum Gasteiger partial charge on any atom is 0.0502 e. The number of rotatable bonds is 3. The first-order valence-corrected chi connectivity index (χ1v) is 3.73. The predicted octanol–water partition coefficient (Wildman–Crippen LogP) is 2.06. The molecule has 0 saturated heterocycles. The second-order valence-corrected chi connectivity index (χ2v) is 2.56. The molecule has 1 aromatic rings. The van der Waals surface area contributed by atoms with Gasteiger partial charge in [-0.05, 0) is 24.5 Å². The summed E-state index contributed by atoms with van der Waals surface area (Å²) in [7, 11) is 1.72. The lowest BCUT2D eigenvalue weighted by Gasteiger charge is -2.00. The van der Waals surface area contributed by atoms with Crippen LogP contribution >= 0.6 is 0 Å². The van der Waals surface area contributed by atoms with Crippen LogP contribution in [0.5, 0.6) is 0 Å². The van der Waals surface area contributed by atoms with E-state index in [4.69, 9.17) is 4.74 Å². The molecule has 11 heavy (non-hydrogen) atoms. The zero-order valence-electron chi connectivity index (χ0n) is 6.84. The van der Waals surface area contributed by atoms with Crippen LogP contribution in [0.4, 0.5) is 0 Å². The van der Waals surface area contributed by atoms with Crippen molar-refractivity contribution in [2.75, 3.05) is 13.7 Å². The van der Waals surface area contributed by atoms with Crippen molar-refractivity contribution < 1.29 is 4.74 Å². The van der Waals surface area contributed by atoms with E-state index in [1.807, 2.05) is 12.1 Å². The molecule has 1 aromatic carbocycles. The summed E-state index contributed by atoms with van der Waals surface area (Å²) >= 11 is 0. The summed E-state index contributed by atoms with van der Waals surface area (Å²) in [5.41, 5.74) is 2.36. The van der Waals surface area contributed by atoms with Crippen molar-refractivity contribution in [2.45, 2.75) is 6.42 Å². The fourth-order valence-corrected chi connectivity index (χ4v) is 1.01. The fourth-order valence-electron chi connectivity index (χ4n) is 1.01. The van der Waals surface area contributed by atoms with Crippen molar-refractivity contribution in [3.05, 3.63) is 42.3 Å². The molecule has 0 spiro atoms. The molecule has 0 aromatic heterocycles. The first kappa shape index (κ1) is 8.28. The van der Waals surface area contributed by atoms with Crippen LogP contribution in [0.2, 0.25) is 0 Å². The van der Waals surface area contributed by atoms with E-state index in [1.54, 1.807) is 7.11 Å². The van der Waals surface area contributed by atoms with Crippen LogP contribution in [0.1, 0.15) is 11.1 Å². The van der Waals surface area contributed by atoms with Crippen molar-refractivity contribution in [1.82, 2.24) is 0 Å². The van der Waals surface area contributed by atoms with Gasteiger partial charge in [0.1, 0.15) is 0 Å². The van der Waals surface area contributed by atoms with E-state index in [2.05, 4.69) is 19.1 Å². The second kappa shape index (κ2) is 4.14. The van der Waals surface area contributed by atoms with E-state index in [1.165, 1.54) is 5.56 Å². The van der Waals surface area contributed by atoms with E-state index < -0.39 is 0 Å². The predicted molar refractivity (Wildman–Crippen MR) is 46.5 cm³/mol. The molecule has 0 N–H and O–H groups in total. The van der Waals surface area contributed by atoms with Crippen molar-refractivity contribution >= 4 is 0 Å². The number of benzene rings is 1. The lowest BCUT2D eigenvalue weighted by atomic mass is 10.1. The molecule has 0 saturated carbocycles. The maximum absolute atomic E-state index is 4.97. The van der Waals surface area contributed by atoms with E-state index >= 15 is 0 Å². The van der Waals surface area contributed by atoms with Gasteiger partial charge in [0.05, 0.1) is 6.61 Å². The van der Waals surface area contributed by atoms with Gasteiger partial charge < -0.3 is 4.74 Å². The summed E-state index contributed by atoms with van der Waals surface area (Å²) < 4.78 is 4.97. The molecule has 0 bridgehead atoms. The summed E-state index contributed by atoms with van der Waals surface area (Å²) in [4.78, 5) is 0. The minimum Gasteiger partial charge on any atom is -0.384 e. The lowest BCUT2D eigenvalue weighted by molar-refractivity contribution is 0.202. The molecule has 0 aliphatic heterocycles. The molecule has 59 valence electrons. The van der Waals surface area contributed by atoms with Gasteiger partial charge in [-0.15, -0.1) is 0 Å². The molecule has 1 heteroatoms. The Bertz CT molecular complexity index is 218. The van der Waals surface area contributed by atoms with E-state index in [9.17, 15) is 0 Å². The first-order valence-electron chi connectivity index (χ1n) is 3.73. The Morgan fingerprint density at radius 3 is 2.91 bits per heavy atom. The van der Waals surface area contributed by atoms with Gasteiger partial charge in [-0.2, -0.15) is 0 Å². The van der Waals surface area contributed by atoms with Crippen LogP contribution in [-0.4, -0.2) is 13.7 Å². The number of ether oxygens (including phenoxy) is 1. The van der Waals surface area contributed by atoms with Crippen molar-refractivity contribution in [1.29, 1.82) is 0 Å². The Balaban J connectivity index is 2.56. The summed E-state index contributed by atoms with van der Waals surface area (Å²) in [5, 5.41) is 0. The summed E-state index contributed by atoms with van der Waals surface area (Å²) in [5.74, 6) is 0. The largest absolute Gasteiger partial charge is 0.384 e. The third-order valence-electron chi connectivity index (χ3n) is 1.59. The molecule has 0 heterocycles. The van der Waals surface area contributed by atoms with Crippen molar-refractivity contribution in [2.24, 2.45) is 0 Å². The molecule has 0 atom stereocenters. The molecular formula is C10H13O. The molecule has 0 amide bonds. The molecule has 0 fully saturated rings. The Morgan fingerprint density at radius 1 is 1.45 bits per heavy atom. The number of hydrogen-bond donors (Lipinski definition) is 0. The molecule has 1 rings (SSSR count). The Kier molecular flexibility index (Phi) is 3.12. The lowest BCUT2D eigenvalue weighted by Crippen LogP contribution is -1.93. The zero-order chi connectivity index (χ0) is 8.10. The first-order chi connectivity index (χ1) is 5.33. The van der Waals surface area contributed by atoms with Gasteiger partial charge in [0, 0.05) is 7.11 Å². The maximum atomic E-state index is 4.97. The van der Waals surface area contributed by atoms with Crippen LogP contribution < -0.4 is 0 Å². The normalized spacial score (nSPS) is 10.0. The summed E-state index contributed by atoms with van der Waals surface area (Å²) in [6.45, 7) is 4.63. The van der Waals surface area contributed by atoms with E-state index in [0.717, 1.165) is 18.6 Å². The van der Waals surface area contributed by atoms with Gasteiger partial charge in [0.2, 0.25) is 0 Å². The molecule has 0 unspecified atom stereocenters. The summed E-state index contributed by atoms with van der Waals surface area (Å²) in [6.07, 6.45) is 0.972. The molecule has 0 aliphatic rings. The highest BCUT2D eigenvalue weighted by atomic mass is 16.5. The van der Waals surface area contributed by atoms with Crippen molar-refractivity contribution in [3.63, 3.8) is 0 Å². The molecule has 1 nitrogen and oxygen atoms in total. The van der Waals surface area contributed by atoms with E-state index in [0.29, 0.717) is 0 Å². The minimum atomic E-state index is 0.781. The zero-order valence-corrected chi connectivity index (χ0v) is 6.84. The molecular weight excluding hydrogens is 136 g/mol. The van der Waals surface area contributed by atoms with Gasteiger partial charge in [-0.3, -0.25) is 0 Å². The monoisotopic (exact) mass is 149 g/mol. The van der Waals surface area contributed by atoms with Crippen LogP contribution in [0.3, 0.4) is 0 Å². The van der Waals surface area contributed by atoms with Gasteiger partial charge in [0.15, 0.2) is 0 Å². The fraction of sp³-hybridized carbons (Fsp3) is 0.300. The van der Waals surface area contributed by atoms with Crippen LogP contribution in [0.25, 0.3) is 0 Å². The standard InChI is InChI=1S/C10H13O/c1-9-4-3-5-10(8-9)6-7-11-2/h3-5,8H,1,6-7H2,2H3. The second-order valence-electron chi connectivity index (χ2n) is 2.56. The highest BCUT2D eigenvalue weighted by Gasteiger charge is 1.91. The van der Waals surface area contributed by atoms with Gasteiger partial charge >= 0.3 is 0 Å². The smallest absolute Gasteiger partial charge is 0.0502 e. The van der Waals surface area contributed by atoms with Crippen LogP contribution in [0.15, 0.2) is 24.3 Å². The highest BCUT2D eigenvalue weighted by Crippen LogP contribution is 2.04.